The molecule has 2 rings (SSSR count). The monoisotopic (exact) mass is 220 g/mol. The molecule has 0 fully saturated rings. The van der Waals surface area contributed by atoms with Crippen molar-refractivity contribution in [2.45, 2.75) is 33.4 Å². The Morgan fingerprint density at radius 2 is 2.00 bits per heavy atom. The second-order valence-electron chi connectivity index (χ2n) is 4.34. The molecule has 0 aliphatic heterocycles. The zero-order chi connectivity index (χ0) is 11.9. The van der Waals surface area contributed by atoms with Gasteiger partial charge < -0.3 is 10.1 Å². The van der Waals surface area contributed by atoms with Crippen LogP contribution < -0.4 is 5.69 Å². The number of H-pyrrole nitrogens is 1. The molecule has 4 heteroatoms. The lowest BCUT2D eigenvalue weighted by Crippen LogP contribution is -2.22. The van der Waals surface area contributed by atoms with Crippen molar-refractivity contribution >= 4 is 11.0 Å². The van der Waals surface area contributed by atoms with Crippen molar-refractivity contribution in [1.29, 1.82) is 0 Å². The van der Waals surface area contributed by atoms with Crippen molar-refractivity contribution in [3.63, 3.8) is 0 Å². The van der Waals surface area contributed by atoms with Crippen LogP contribution in [0.3, 0.4) is 0 Å². The van der Waals surface area contributed by atoms with Gasteiger partial charge >= 0.3 is 5.69 Å². The molecule has 86 valence electrons. The highest BCUT2D eigenvalue weighted by atomic mass is 16.3. The predicted molar refractivity (Wildman–Crippen MR) is 63.7 cm³/mol. The first-order valence-corrected chi connectivity index (χ1v) is 5.37. The number of fused-ring (bicyclic) bond motifs is 1. The molecule has 1 unspecified atom stereocenters. The van der Waals surface area contributed by atoms with Crippen LogP contribution in [-0.4, -0.2) is 20.8 Å². The van der Waals surface area contributed by atoms with E-state index >= 15 is 0 Å². The lowest BCUT2D eigenvalue weighted by Gasteiger charge is -2.06. The number of imidazole rings is 1. The second kappa shape index (κ2) is 3.79. The van der Waals surface area contributed by atoms with Gasteiger partial charge in [0.2, 0.25) is 0 Å². The maximum absolute atomic E-state index is 11.7. The number of aliphatic hydroxyl groups excluding tert-OH is 1. The molecule has 2 N–H and O–H groups in total. The summed E-state index contributed by atoms with van der Waals surface area (Å²) in [7, 11) is 0. The van der Waals surface area contributed by atoms with Crippen LogP contribution in [0.4, 0.5) is 0 Å². The first kappa shape index (κ1) is 11.0. The average Bonchev–Trinajstić information content (AvgIpc) is 2.45. The standard InChI is InChI=1S/C12H16N2O2/c1-7-4-10-11(5-8(7)2)14(6-9(3)15)12(16)13-10/h4-5,9,15H,6H2,1-3H3,(H,13,16). The summed E-state index contributed by atoms with van der Waals surface area (Å²) in [6.07, 6.45) is -0.529. The van der Waals surface area contributed by atoms with Crippen LogP contribution in [0.25, 0.3) is 11.0 Å². The van der Waals surface area contributed by atoms with Gasteiger partial charge in [0.05, 0.1) is 23.7 Å². The summed E-state index contributed by atoms with van der Waals surface area (Å²) in [6, 6.07) is 3.94. The number of nitrogens with one attached hydrogen (secondary N) is 1. The third-order valence-corrected chi connectivity index (χ3v) is 2.84. The van der Waals surface area contributed by atoms with Crippen molar-refractivity contribution in [3.05, 3.63) is 33.7 Å². The molecular formula is C12H16N2O2. The maximum Gasteiger partial charge on any atom is 0.326 e. The van der Waals surface area contributed by atoms with E-state index in [1.165, 1.54) is 0 Å². The predicted octanol–water partition coefficient (Wildman–Crippen LogP) is 1.33. The van der Waals surface area contributed by atoms with Crippen LogP contribution in [0.5, 0.6) is 0 Å². The number of rotatable bonds is 2. The quantitative estimate of drug-likeness (QED) is 0.802. The Morgan fingerprint density at radius 3 is 2.62 bits per heavy atom. The summed E-state index contributed by atoms with van der Waals surface area (Å²) in [5, 5.41) is 9.36. The number of nitrogens with zero attached hydrogens (tertiary/aromatic N) is 1. The van der Waals surface area contributed by atoms with Crippen LogP contribution >= 0.6 is 0 Å². The average molecular weight is 220 g/mol. The molecule has 0 aliphatic carbocycles. The largest absolute Gasteiger partial charge is 0.392 e. The third-order valence-electron chi connectivity index (χ3n) is 2.84. The normalized spacial score (nSPS) is 13.2. The van der Waals surface area contributed by atoms with Gasteiger partial charge in [0.15, 0.2) is 0 Å². The summed E-state index contributed by atoms with van der Waals surface area (Å²) >= 11 is 0. The highest BCUT2D eigenvalue weighted by Gasteiger charge is 2.09. The molecule has 0 aliphatic rings. The van der Waals surface area contributed by atoms with E-state index in [-0.39, 0.29) is 5.69 Å². The minimum atomic E-state index is -0.529. The Morgan fingerprint density at radius 1 is 1.38 bits per heavy atom. The van der Waals surface area contributed by atoms with Gasteiger partial charge in [-0.1, -0.05) is 0 Å². The van der Waals surface area contributed by atoms with E-state index in [1.807, 2.05) is 26.0 Å². The van der Waals surface area contributed by atoms with E-state index in [0.717, 1.165) is 22.2 Å². The van der Waals surface area contributed by atoms with Gasteiger partial charge in [-0.2, -0.15) is 0 Å². The number of aliphatic hydroxyl groups is 1. The minimum absolute atomic E-state index is 0.166. The molecule has 0 spiro atoms. The molecule has 0 saturated carbocycles. The fourth-order valence-corrected chi connectivity index (χ4v) is 1.86. The van der Waals surface area contributed by atoms with Gasteiger partial charge in [-0.25, -0.2) is 4.79 Å². The summed E-state index contributed by atoms with van der Waals surface area (Å²) < 4.78 is 1.58. The van der Waals surface area contributed by atoms with E-state index in [2.05, 4.69) is 4.98 Å². The van der Waals surface area contributed by atoms with Crippen LogP contribution in [-0.2, 0) is 6.54 Å². The summed E-state index contributed by atoms with van der Waals surface area (Å²) in [5.41, 5.74) is 3.81. The smallest absolute Gasteiger partial charge is 0.326 e. The highest BCUT2D eigenvalue weighted by molar-refractivity contribution is 5.77. The zero-order valence-corrected chi connectivity index (χ0v) is 9.74. The Balaban J connectivity index is 2.69. The molecule has 0 bridgehead atoms. The molecule has 0 radical (unpaired) electrons. The molecule has 1 heterocycles. The Hall–Kier alpha value is -1.55. The Kier molecular flexibility index (Phi) is 2.59. The van der Waals surface area contributed by atoms with E-state index < -0.39 is 6.10 Å². The number of hydrogen-bond donors (Lipinski definition) is 2. The SMILES string of the molecule is Cc1cc2[nH]c(=O)n(CC(C)O)c2cc1C. The van der Waals surface area contributed by atoms with Crippen LogP contribution in [0.15, 0.2) is 16.9 Å². The molecule has 0 saturated heterocycles. The lowest BCUT2D eigenvalue weighted by atomic mass is 10.1. The van der Waals surface area contributed by atoms with Crippen molar-refractivity contribution < 1.29 is 5.11 Å². The zero-order valence-electron chi connectivity index (χ0n) is 9.74. The van der Waals surface area contributed by atoms with Gasteiger partial charge in [-0.3, -0.25) is 4.57 Å². The third kappa shape index (κ3) is 1.76. The number of hydrogen-bond acceptors (Lipinski definition) is 2. The van der Waals surface area contributed by atoms with Crippen molar-refractivity contribution in [3.8, 4) is 0 Å². The number of aromatic nitrogens is 2. The van der Waals surface area contributed by atoms with Gasteiger partial charge in [0.1, 0.15) is 0 Å². The van der Waals surface area contributed by atoms with Gasteiger partial charge in [0.25, 0.3) is 0 Å². The van der Waals surface area contributed by atoms with Crippen molar-refractivity contribution in [1.82, 2.24) is 9.55 Å². The van der Waals surface area contributed by atoms with Crippen molar-refractivity contribution in [2.75, 3.05) is 0 Å². The molecular weight excluding hydrogens is 204 g/mol. The first-order chi connectivity index (χ1) is 7.49. The fraction of sp³-hybridized carbons (Fsp3) is 0.417. The second-order valence-corrected chi connectivity index (χ2v) is 4.34. The molecule has 1 atom stereocenters. The minimum Gasteiger partial charge on any atom is -0.392 e. The van der Waals surface area contributed by atoms with Gasteiger partial charge in [0, 0.05) is 0 Å². The number of aryl methyl sites for hydroxylation is 2. The van der Waals surface area contributed by atoms with Crippen molar-refractivity contribution in [2.24, 2.45) is 0 Å². The molecule has 16 heavy (non-hydrogen) atoms. The fourth-order valence-electron chi connectivity index (χ4n) is 1.86. The van der Waals surface area contributed by atoms with Gasteiger partial charge in [-0.05, 0) is 44.0 Å². The Labute approximate surface area is 93.5 Å². The molecule has 4 nitrogen and oxygen atoms in total. The Bertz CT molecular complexity index is 578. The lowest BCUT2D eigenvalue weighted by molar-refractivity contribution is 0.174. The number of aromatic amines is 1. The van der Waals surface area contributed by atoms with Crippen LogP contribution in [0, 0.1) is 13.8 Å². The number of benzene rings is 1. The summed E-state index contributed by atoms with van der Waals surface area (Å²) in [6.45, 7) is 6.02. The summed E-state index contributed by atoms with van der Waals surface area (Å²) in [5.74, 6) is 0. The van der Waals surface area contributed by atoms with E-state index in [1.54, 1.807) is 11.5 Å². The molecule has 1 aromatic carbocycles. The van der Waals surface area contributed by atoms with E-state index in [4.69, 9.17) is 0 Å². The van der Waals surface area contributed by atoms with Crippen LogP contribution in [0.1, 0.15) is 18.1 Å². The summed E-state index contributed by atoms with van der Waals surface area (Å²) in [4.78, 5) is 14.5. The van der Waals surface area contributed by atoms with Gasteiger partial charge in [-0.15, -0.1) is 0 Å². The maximum atomic E-state index is 11.7. The highest BCUT2D eigenvalue weighted by Crippen LogP contribution is 2.16. The molecule has 2 aromatic rings. The molecule has 0 amide bonds. The van der Waals surface area contributed by atoms with Crippen LogP contribution in [0.2, 0.25) is 0 Å². The first-order valence-electron chi connectivity index (χ1n) is 5.37. The van der Waals surface area contributed by atoms with E-state index in [9.17, 15) is 9.90 Å². The molecule has 1 aromatic heterocycles. The topological polar surface area (TPSA) is 58.0 Å². The van der Waals surface area contributed by atoms with E-state index in [0.29, 0.717) is 6.54 Å².